The number of hydrogen-bond donors (Lipinski definition) is 0. The summed E-state index contributed by atoms with van der Waals surface area (Å²) in [5, 5.41) is 0. The van der Waals surface area contributed by atoms with Gasteiger partial charge in [-0.25, -0.2) is 0 Å². The molecule has 0 bridgehead atoms. The Morgan fingerprint density at radius 1 is 1.28 bits per heavy atom. The molecule has 0 radical (unpaired) electrons. The second kappa shape index (κ2) is 6.42. The van der Waals surface area contributed by atoms with Crippen molar-refractivity contribution in [2.24, 2.45) is 5.92 Å². The molecule has 0 aliphatic carbocycles. The summed E-state index contributed by atoms with van der Waals surface area (Å²) in [4.78, 5) is 22.3. The third kappa shape index (κ3) is 3.17. The predicted molar refractivity (Wildman–Crippen MR) is 64.6 cm³/mol. The first-order valence-corrected chi connectivity index (χ1v) is 7.69. The molecule has 0 aromatic heterocycles. The summed E-state index contributed by atoms with van der Waals surface area (Å²) >= 11 is 0. The number of carbonyl (C=O) groups excluding carboxylic acids is 2. The number of esters is 2. The molecular formula is C11H20O6Si. The lowest BCUT2D eigenvalue weighted by Crippen LogP contribution is -2.46. The summed E-state index contributed by atoms with van der Waals surface area (Å²) in [5.74, 6) is -1.20. The summed E-state index contributed by atoms with van der Waals surface area (Å²) in [7, 11) is 2.01. The van der Waals surface area contributed by atoms with Gasteiger partial charge in [-0.1, -0.05) is 6.92 Å². The van der Waals surface area contributed by atoms with Crippen LogP contribution in [0.5, 0.6) is 0 Å². The largest absolute Gasteiger partial charge is 0.503 e. The summed E-state index contributed by atoms with van der Waals surface area (Å²) < 4.78 is 20.6. The van der Waals surface area contributed by atoms with Gasteiger partial charge in [-0.05, 0) is 12.8 Å². The molecule has 2 atom stereocenters. The van der Waals surface area contributed by atoms with Crippen LogP contribution in [0.3, 0.4) is 0 Å². The van der Waals surface area contributed by atoms with E-state index in [0.717, 1.165) is 0 Å². The Hall–Kier alpha value is -0.763. The highest BCUT2D eigenvalue weighted by atomic mass is 28.4. The molecule has 2 unspecified atom stereocenters. The van der Waals surface area contributed by atoms with Gasteiger partial charge in [0.05, 0.1) is 12.3 Å². The maximum atomic E-state index is 11.3. The van der Waals surface area contributed by atoms with E-state index < -0.39 is 20.7 Å². The van der Waals surface area contributed by atoms with Crippen molar-refractivity contribution in [3.8, 4) is 0 Å². The molecule has 0 saturated carbocycles. The van der Waals surface area contributed by atoms with Gasteiger partial charge in [0.1, 0.15) is 0 Å². The van der Waals surface area contributed by atoms with Gasteiger partial charge in [0.15, 0.2) is 0 Å². The molecule has 7 heteroatoms. The molecule has 1 aliphatic rings. The summed E-state index contributed by atoms with van der Waals surface area (Å²) in [6, 6.07) is 0. The van der Waals surface area contributed by atoms with Crippen LogP contribution < -0.4 is 0 Å². The highest BCUT2D eigenvalue weighted by Gasteiger charge is 2.45. The number of hydrogen-bond acceptors (Lipinski definition) is 6. The van der Waals surface area contributed by atoms with Crippen LogP contribution >= 0.6 is 0 Å². The topological polar surface area (TPSA) is 71.1 Å². The van der Waals surface area contributed by atoms with Gasteiger partial charge in [0.2, 0.25) is 0 Å². The van der Waals surface area contributed by atoms with E-state index in [1.54, 1.807) is 21.3 Å². The van der Waals surface area contributed by atoms with Crippen molar-refractivity contribution in [1.82, 2.24) is 0 Å². The molecule has 0 aromatic rings. The molecule has 1 aliphatic heterocycles. The summed E-state index contributed by atoms with van der Waals surface area (Å²) in [6.45, 7) is 1.96. The van der Waals surface area contributed by atoms with Gasteiger partial charge in [0, 0.05) is 26.9 Å². The van der Waals surface area contributed by atoms with E-state index in [1.165, 1.54) is 0 Å². The Morgan fingerprint density at radius 2 is 1.83 bits per heavy atom. The van der Waals surface area contributed by atoms with Gasteiger partial charge >= 0.3 is 20.7 Å². The second-order valence-electron chi connectivity index (χ2n) is 4.39. The summed E-state index contributed by atoms with van der Waals surface area (Å²) in [6.07, 6.45) is 1.44. The molecule has 6 nitrogen and oxygen atoms in total. The molecule has 0 aromatic carbocycles. The van der Waals surface area contributed by atoms with Crippen LogP contribution in [0.2, 0.25) is 5.54 Å². The standard InChI is InChI=1S/C11H20O6Si/c1-8(18(14-2,15-3)16-4)5-6-9-7-10(12)17-11(9)13/h8-9H,5-7H2,1-4H3. The zero-order chi connectivity index (χ0) is 13.8. The van der Waals surface area contributed by atoms with Crippen LogP contribution in [0.15, 0.2) is 0 Å². The van der Waals surface area contributed by atoms with E-state index >= 15 is 0 Å². The number of ether oxygens (including phenoxy) is 1. The molecule has 104 valence electrons. The normalized spacial score (nSPS) is 22.1. The number of rotatable bonds is 7. The highest BCUT2D eigenvalue weighted by molar-refractivity contribution is 6.62. The zero-order valence-electron chi connectivity index (χ0n) is 11.2. The third-order valence-corrected chi connectivity index (χ3v) is 6.57. The molecule has 1 rings (SSSR count). The second-order valence-corrected chi connectivity index (χ2v) is 7.81. The molecule has 0 spiro atoms. The van der Waals surface area contributed by atoms with E-state index in [2.05, 4.69) is 4.74 Å². The SMILES string of the molecule is CO[Si](OC)(OC)C(C)CCC1CC(=O)OC1=O. The van der Waals surface area contributed by atoms with Crippen molar-refractivity contribution in [3.05, 3.63) is 0 Å². The molecule has 1 fully saturated rings. The van der Waals surface area contributed by atoms with E-state index in [9.17, 15) is 9.59 Å². The fraction of sp³-hybridized carbons (Fsp3) is 0.818. The lowest BCUT2D eigenvalue weighted by Gasteiger charge is -2.30. The Kier molecular flexibility index (Phi) is 5.45. The lowest BCUT2D eigenvalue weighted by atomic mass is 10.0. The van der Waals surface area contributed by atoms with Crippen molar-refractivity contribution in [2.45, 2.75) is 31.7 Å². The van der Waals surface area contributed by atoms with Crippen LogP contribution in [-0.4, -0.2) is 42.1 Å². The Labute approximate surface area is 108 Å². The first-order chi connectivity index (χ1) is 8.49. The first-order valence-electron chi connectivity index (χ1n) is 5.89. The van der Waals surface area contributed by atoms with Crippen molar-refractivity contribution in [3.63, 3.8) is 0 Å². The minimum absolute atomic E-state index is 0.0565. The van der Waals surface area contributed by atoms with E-state index in [4.69, 9.17) is 13.3 Å². The number of carbonyl (C=O) groups is 2. The van der Waals surface area contributed by atoms with Gasteiger partial charge in [0.25, 0.3) is 0 Å². The van der Waals surface area contributed by atoms with Crippen molar-refractivity contribution in [1.29, 1.82) is 0 Å². The minimum Gasteiger partial charge on any atom is -0.393 e. The first kappa shape index (κ1) is 15.3. The zero-order valence-corrected chi connectivity index (χ0v) is 12.2. The van der Waals surface area contributed by atoms with Gasteiger partial charge in [-0.3, -0.25) is 9.59 Å². The van der Waals surface area contributed by atoms with Gasteiger partial charge in [-0.2, -0.15) is 0 Å². The molecule has 1 saturated heterocycles. The van der Waals surface area contributed by atoms with Crippen molar-refractivity contribution < 1.29 is 27.6 Å². The van der Waals surface area contributed by atoms with Gasteiger partial charge in [-0.15, -0.1) is 0 Å². The van der Waals surface area contributed by atoms with Crippen LogP contribution in [0.1, 0.15) is 26.2 Å². The average Bonchev–Trinajstić information content (AvgIpc) is 2.68. The van der Waals surface area contributed by atoms with Crippen LogP contribution in [0.4, 0.5) is 0 Å². The Morgan fingerprint density at radius 3 is 2.22 bits per heavy atom. The van der Waals surface area contributed by atoms with E-state index in [1.807, 2.05) is 6.92 Å². The van der Waals surface area contributed by atoms with Crippen molar-refractivity contribution in [2.75, 3.05) is 21.3 Å². The maximum Gasteiger partial charge on any atom is 0.503 e. The monoisotopic (exact) mass is 276 g/mol. The van der Waals surface area contributed by atoms with E-state index in [0.29, 0.717) is 12.8 Å². The number of cyclic esters (lactones) is 2. The maximum absolute atomic E-state index is 11.3. The molecule has 0 amide bonds. The fourth-order valence-corrected chi connectivity index (χ4v) is 4.45. The van der Waals surface area contributed by atoms with Crippen LogP contribution in [0.25, 0.3) is 0 Å². The molecular weight excluding hydrogens is 256 g/mol. The third-order valence-electron chi connectivity index (χ3n) is 3.37. The van der Waals surface area contributed by atoms with Crippen LogP contribution in [0, 0.1) is 5.92 Å². The summed E-state index contributed by atoms with van der Waals surface area (Å²) in [5.41, 5.74) is 0.0565. The lowest BCUT2D eigenvalue weighted by molar-refractivity contribution is -0.153. The fourth-order valence-electron chi connectivity index (χ4n) is 2.22. The Balaban J connectivity index is 2.52. The molecule has 1 heterocycles. The van der Waals surface area contributed by atoms with Gasteiger partial charge < -0.3 is 18.0 Å². The van der Waals surface area contributed by atoms with E-state index in [-0.39, 0.29) is 17.9 Å². The predicted octanol–water partition coefficient (Wildman–Crippen LogP) is 1.12. The minimum atomic E-state index is -2.67. The van der Waals surface area contributed by atoms with Crippen molar-refractivity contribution >= 4 is 20.7 Å². The molecule has 0 N–H and O–H groups in total. The Bertz CT molecular complexity index is 306. The highest BCUT2D eigenvalue weighted by Crippen LogP contribution is 2.31. The smallest absolute Gasteiger partial charge is 0.393 e. The molecule has 18 heavy (non-hydrogen) atoms. The van der Waals surface area contributed by atoms with Crippen LogP contribution in [-0.2, 0) is 27.6 Å². The quantitative estimate of drug-likeness (QED) is 0.394. The average molecular weight is 276 g/mol.